The molecular weight excluding hydrogens is 296 g/mol. The number of carbonyl (C=O) groups is 1. The zero-order valence-electron chi connectivity index (χ0n) is 13.2. The molecule has 2 aromatic rings. The molecule has 2 heterocycles. The van der Waals surface area contributed by atoms with Gasteiger partial charge in [0.25, 0.3) is 0 Å². The summed E-state index contributed by atoms with van der Waals surface area (Å²) < 4.78 is 10.1. The monoisotopic (exact) mass is 316 g/mol. The van der Waals surface area contributed by atoms with E-state index in [1.54, 1.807) is 43.6 Å². The fraction of sp³-hybridized carbons (Fsp3) is 0.312. The number of ether oxygens (including phenoxy) is 2. The minimum Gasteiger partial charge on any atom is -0.481 e. The van der Waals surface area contributed by atoms with Gasteiger partial charge in [0.1, 0.15) is 0 Å². The Hall–Kier alpha value is -2.67. The molecule has 0 spiro atoms. The highest BCUT2D eigenvalue weighted by molar-refractivity contribution is 5.89. The van der Waals surface area contributed by atoms with Crippen LogP contribution >= 0.6 is 0 Å². The summed E-state index contributed by atoms with van der Waals surface area (Å²) in [6, 6.07) is 8.79. The fourth-order valence-corrected chi connectivity index (χ4v) is 1.92. The first-order chi connectivity index (χ1) is 11.2. The van der Waals surface area contributed by atoms with E-state index in [1.165, 1.54) is 0 Å². The van der Waals surface area contributed by atoms with Crippen molar-refractivity contribution >= 4 is 11.7 Å². The van der Waals surface area contributed by atoms with Crippen LogP contribution in [0, 0.1) is 0 Å². The highest BCUT2D eigenvalue weighted by atomic mass is 16.5. The van der Waals surface area contributed by atoms with E-state index in [0.717, 1.165) is 5.69 Å². The van der Waals surface area contributed by atoms with E-state index < -0.39 is 0 Å². The van der Waals surface area contributed by atoms with Crippen molar-refractivity contribution in [1.82, 2.24) is 14.9 Å². The summed E-state index contributed by atoms with van der Waals surface area (Å²) in [6.45, 7) is 1.31. The number of aromatic nitrogens is 2. The number of hydrogen-bond acceptors (Lipinski definition) is 5. The number of amides is 2. The van der Waals surface area contributed by atoms with E-state index in [2.05, 4.69) is 15.3 Å². The Morgan fingerprint density at radius 1 is 1.22 bits per heavy atom. The predicted molar refractivity (Wildman–Crippen MR) is 86.3 cm³/mol. The molecule has 23 heavy (non-hydrogen) atoms. The van der Waals surface area contributed by atoms with Gasteiger partial charge in [-0.15, -0.1) is 0 Å². The molecule has 0 unspecified atom stereocenters. The molecule has 0 aliphatic carbocycles. The topological polar surface area (TPSA) is 76.6 Å². The molecule has 2 rings (SSSR count). The number of methoxy groups -OCH3 is 2. The zero-order valence-corrected chi connectivity index (χ0v) is 13.2. The lowest BCUT2D eigenvalue weighted by Gasteiger charge is -2.22. The van der Waals surface area contributed by atoms with E-state index in [-0.39, 0.29) is 6.03 Å². The highest BCUT2D eigenvalue weighted by Gasteiger charge is 2.14. The van der Waals surface area contributed by atoms with Crippen LogP contribution in [0.3, 0.4) is 0 Å². The number of carbonyl (C=O) groups excluding carboxylic acids is 1. The van der Waals surface area contributed by atoms with Crippen LogP contribution in [-0.2, 0) is 11.3 Å². The number of nitrogens with zero attached hydrogens (tertiary/aromatic N) is 3. The maximum absolute atomic E-state index is 12.4. The molecule has 0 aliphatic heterocycles. The van der Waals surface area contributed by atoms with E-state index in [4.69, 9.17) is 9.47 Å². The zero-order chi connectivity index (χ0) is 16.5. The summed E-state index contributed by atoms with van der Waals surface area (Å²) in [5.74, 6) is 0.493. The molecule has 0 aromatic carbocycles. The summed E-state index contributed by atoms with van der Waals surface area (Å²) in [5, 5.41) is 2.81. The first-order valence-corrected chi connectivity index (χ1v) is 7.17. The largest absolute Gasteiger partial charge is 0.481 e. The Morgan fingerprint density at radius 3 is 2.70 bits per heavy atom. The van der Waals surface area contributed by atoms with Crippen molar-refractivity contribution in [2.45, 2.75) is 6.54 Å². The molecule has 0 saturated heterocycles. The quantitative estimate of drug-likeness (QED) is 0.847. The summed E-state index contributed by atoms with van der Waals surface area (Å²) in [7, 11) is 3.14. The molecule has 0 saturated carbocycles. The molecule has 2 aromatic heterocycles. The van der Waals surface area contributed by atoms with Gasteiger partial charge in [0.05, 0.1) is 37.8 Å². The van der Waals surface area contributed by atoms with Crippen molar-refractivity contribution in [2.24, 2.45) is 0 Å². The number of nitrogens with one attached hydrogen (secondary N) is 1. The van der Waals surface area contributed by atoms with Gasteiger partial charge in [-0.05, 0) is 18.2 Å². The fourth-order valence-electron chi connectivity index (χ4n) is 1.92. The van der Waals surface area contributed by atoms with Crippen LogP contribution in [0.4, 0.5) is 10.5 Å². The van der Waals surface area contributed by atoms with Crippen LogP contribution in [0.25, 0.3) is 0 Å². The Balaban J connectivity index is 2.02. The first-order valence-electron chi connectivity index (χ1n) is 7.17. The van der Waals surface area contributed by atoms with Gasteiger partial charge >= 0.3 is 6.03 Å². The van der Waals surface area contributed by atoms with Gasteiger partial charge in [0, 0.05) is 25.9 Å². The molecule has 2 amide bonds. The Morgan fingerprint density at radius 2 is 2.09 bits per heavy atom. The van der Waals surface area contributed by atoms with Crippen molar-refractivity contribution < 1.29 is 14.3 Å². The van der Waals surface area contributed by atoms with Crippen molar-refractivity contribution in [1.29, 1.82) is 0 Å². The Bertz CT molecular complexity index is 604. The summed E-state index contributed by atoms with van der Waals surface area (Å²) in [4.78, 5) is 22.4. The minimum absolute atomic E-state index is 0.236. The van der Waals surface area contributed by atoms with Gasteiger partial charge in [-0.2, -0.15) is 0 Å². The third-order valence-corrected chi connectivity index (χ3v) is 3.13. The molecule has 122 valence electrons. The number of anilines is 1. The highest BCUT2D eigenvalue weighted by Crippen LogP contribution is 2.12. The van der Waals surface area contributed by atoms with E-state index in [1.807, 2.05) is 18.2 Å². The van der Waals surface area contributed by atoms with Crippen LogP contribution < -0.4 is 10.1 Å². The van der Waals surface area contributed by atoms with E-state index >= 15 is 0 Å². The summed E-state index contributed by atoms with van der Waals surface area (Å²) >= 11 is 0. The van der Waals surface area contributed by atoms with Gasteiger partial charge in [0.15, 0.2) is 0 Å². The normalized spacial score (nSPS) is 10.2. The molecule has 7 nitrogen and oxygen atoms in total. The summed E-state index contributed by atoms with van der Waals surface area (Å²) in [5.41, 5.74) is 1.41. The van der Waals surface area contributed by atoms with Gasteiger partial charge < -0.3 is 19.7 Å². The number of hydrogen-bond donors (Lipinski definition) is 1. The van der Waals surface area contributed by atoms with Crippen LogP contribution in [0.1, 0.15) is 5.69 Å². The lowest BCUT2D eigenvalue weighted by atomic mass is 10.3. The molecule has 0 atom stereocenters. The molecule has 0 fully saturated rings. The summed E-state index contributed by atoms with van der Waals surface area (Å²) in [6.07, 6.45) is 3.25. The molecule has 0 aliphatic rings. The average Bonchev–Trinajstić information content (AvgIpc) is 2.60. The Labute approximate surface area is 135 Å². The molecule has 7 heteroatoms. The lowest BCUT2D eigenvalue weighted by Crippen LogP contribution is -2.37. The van der Waals surface area contributed by atoms with E-state index in [0.29, 0.717) is 31.3 Å². The van der Waals surface area contributed by atoms with Crippen molar-refractivity contribution in [3.8, 4) is 5.88 Å². The van der Waals surface area contributed by atoms with Crippen LogP contribution in [0.15, 0.2) is 42.7 Å². The minimum atomic E-state index is -0.236. The number of rotatable bonds is 7. The van der Waals surface area contributed by atoms with Gasteiger partial charge in [0.2, 0.25) is 5.88 Å². The standard InChI is InChI=1S/C16H20N4O3/c1-22-10-9-20(12-14-5-3-4-8-17-14)16(21)19-13-6-7-15(23-2)18-11-13/h3-8,11H,9-10,12H2,1-2H3,(H,19,21). The molecule has 0 radical (unpaired) electrons. The van der Waals surface area contributed by atoms with Crippen molar-refractivity contribution in [3.63, 3.8) is 0 Å². The molecule has 1 N–H and O–H groups in total. The van der Waals surface area contributed by atoms with E-state index in [9.17, 15) is 4.79 Å². The third-order valence-electron chi connectivity index (χ3n) is 3.13. The number of pyridine rings is 2. The van der Waals surface area contributed by atoms with Crippen LogP contribution in [0.2, 0.25) is 0 Å². The maximum Gasteiger partial charge on any atom is 0.322 e. The van der Waals surface area contributed by atoms with Crippen molar-refractivity contribution in [3.05, 3.63) is 48.4 Å². The lowest BCUT2D eigenvalue weighted by molar-refractivity contribution is 0.152. The average molecular weight is 316 g/mol. The van der Waals surface area contributed by atoms with Crippen LogP contribution in [0.5, 0.6) is 5.88 Å². The molecular formula is C16H20N4O3. The second-order valence-corrected chi connectivity index (χ2v) is 4.75. The molecule has 0 bridgehead atoms. The second-order valence-electron chi connectivity index (χ2n) is 4.75. The SMILES string of the molecule is COCCN(Cc1ccccn1)C(=O)Nc1ccc(OC)nc1. The number of urea groups is 1. The van der Waals surface area contributed by atoms with Crippen molar-refractivity contribution in [2.75, 3.05) is 32.7 Å². The first kappa shape index (κ1) is 16.7. The van der Waals surface area contributed by atoms with Gasteiger partial charge in [-0.3, -0.25) is 4.98 Å². The van der Waals surface area contributed by atoms with Gasteiger partial charge in [-0.25, -0.2) is 9.78 Å². The smallest absolute Gasteiger partial charge is 0.322 e. The predicted octanol–water partition coefficient (Wildman–Crippen LogP) is 2.17. The Kier molecular flexibility index (Phi) is 6.31. The third kappa shape index (κ3) is 5.23. The van der Waals surface area contributed by atoms with Gasteiger partial charge in [-0.1, -0.05) is 6.07 Å². The van der Waals surface area contributed by atoms with Crippen LogP contribution in [-0.4, -0.2) is 48.3 Å². The second kappa shape index (κ2) is 8.70. The maximum atomic E-state index is 12.4.